The molecule has 0 saturated heterocycles. The molecule has 0 aliphatic heterocycles. The van der Waals surface area contributed by atoms with E-state index in [2.05, 4.69) is 0 Å². The molecule has 0 N–H and O–H groups in total. The average Bonchev–Trinajstić information content (AvgIpc) is 2.58. The maximum Gasteiger partial charge on any atom is 0.317 e. The van der Waals surface area contributed by atoms with Gasteiger partial charge in [0.2, 0.25) is 0 Å². The van der Waals surface area contributed by atoms with Crippen LogP contribution in [0.25, 0.3) is 0 Å². The van der Waals surface area contributed by atoms with Gasteiger partial charge in [-0.3, -0.25) is 14.4 Å². The molecule has 124 valence electrons. The molecule has 0 fully saturated rings. The lowest BCUT2D eigenvalue weighted by atomic mass is 9.78. The molecular weight excluding hydrogens is 328 g/mol. The number of benzene rings is 2. The Bertz CT molecular complexity index is 755. The number of halogens is 1. The van der Waals surface area contributed by atoms with Crippen LogP contribution < -0.4 is 0 Å². The molecule has 4 nitrogen and oxygen atoms in total. The summed E-state index contributed by atoms with van der Waals surface area (Å²) in [6, 6.07) is 15.2. The maximum absolute atomic E-state index is 13.0. The zero-order valence-electron chi connectivity index (χ0n) is 13.4. The summed E-state index contributed by atoms with van der Waals surface area (Å²) >= 11 is 5.96. The van der Waals surface area contributed by atoms with E-state index in [0.29, 0.717) is 16.1 Å². The zero-order valence-corrected chi connectivity index (χ0v) is 14.1. The molecule has 0 amide bonds. The van der Waals surface area contributed by atoms with Gasteiger partial charge in [-0.15, -0.1) is 0 Å². The van der Waals surface area contributed by atoms with Gasteiger partial charge in [0.25, 0.3) is 0 Å². The van der Waals surface area contributed by atoms with Crippen LogP contribution in [0.4, 0.5) is 0 Å². The first-order chi connectivity index (χ1) is 11.5. The highest BCUT2D eigenvalue weighted by Crippen LogP contribution is 2.31. The average molecular weight is 345 g/mol. The number of hydrogen-bond acceptors (Lipinski definition) is 4. The van der Waals surface area contributed by atoms with Crippen molar-refractivity contribution in [2.45, 2.75) is 12.8 Å². The van der Waals surface area contributed by atoms with Crippen LogP contribution in [0.2, 0.25) is 5.02 Å². The number of Topliss-reactive ketones (excluding diaryl/α,β-unsaturated/α-hetero) is 2. The molecule has 2 unspecified atom stereocenters. The van der Waals surface area contributed by atoms with Gasteiger partial charge in [0.15, 0.2) is 5.78 Å². The van der Waals surface area contributed by atoms with Gasteiger partial charge in [0.05, 0.1) is 13.0 Å². The Morgan fingerprint density at radius 1 is 1.00 bits per heavy atom. The third kappa shape index (κ3) is 3.89. The maximum atomic E-state index is 13.0. The Hall–Kier alpha value is -2.46. The van der Waals surface area contributed by atoms with Crippen molar-refractivity contribution in [3.63, 3.8) is 0 Å². The molecule has 0 spiro atoms. The number of ketones is 2. The van der Waals surface area contributed by atoms with Crippen LogP contribution in [0.15, 0.2) is 54.6 Å². The van der Waals surface area contributed by atoms with E-state index in [9.17, 15) is 14.4 Å². The van der Waals surface area contributed by atoms with Crippen molar-refractivity contribution in [2.24, 2.45) is 5.92 Å². The Morgan fingerprint density at radius 2 is 1.67 bits per heavy atom. The summed E-state index contributed by atoms with van der Waals surface area (Å²) in [5.41, 5.74) is 0.916. The van der Waals surface area contributed by atoms with Crippen LogP contribution in [0.1, 0.15) is 28.8 Å². The van der Waals surface area contributed by atoms with Crippen LogP contribution in [0.3, 0.4) is 0 Å². The summed E-state index contributed by atoms with van der Waals surface area (Å²) < 4.78 is 4.75. The second-order valence-electron chi connectivity index (χ2n) is 5.37. The summed E-state index contributed by atoms with van der Waals surface area (Å²) in [5.74, 6) is -3.68. The van der Waals surface area contributed by atoms with E-state index in [1.807, 2.05) is 0 Å². The highest BCUT2D eigenvalue weighted by atomic mass is 35.5. The number of methoxy groups -OCH3 is 1. The third-order valence-electron chi connectivity index (χ3n) is 3.78. The smallest absolute Gasteiger partial charge is 0.317 e. The van der Waals surface area contributed by atoms with Crippen molar-refractivity contribution in [2.75, 3.05) is 7.11 Å². The summed E-state index contributed by atoms with van der Waals surface area (Å²) in [4.78, 5) is 37.3. The molecule has 2 rings (SSSR count). The predicted molar refractivity (Wildman–Crippen MR) is 91.2 cm³/mol. The standard InChI is InChI=1S/C19H17ClO4/c1-12(21)16(19(23)24-2)17(13-7-4-3-5-8-13)18(22)14-9-6-10-15(20)11-14/h3-11,16-17H,1-2H3. The van der Waals surface area contributed by atoms with Crippen molar-refractivity contribution >= 4 is 29.1 Å². The van der Waals surface area contributed by atoms with Gasteiger partial charge in [-0.25, -0.2) is 0 Å². The molecule has 0 bridgehead atoms. The lowest BCUT2D eigenvalue weighted by Crippen LogP contribution is -2.34. The lowest BCUT2D eigenvalue weighted by molar-refractivity contribution is -0.149. The van der Waals surface area contributed by atoms with Gasteiger partial charge < -0.3 is 4.74 Å². The van der Waals surface area contributed by atoms with Crippen molar-refractivity contribution in [1.82, 2.24) is 0 Å². The van der Waals surface area contributed by atoms with Gasteiger partial charge in [-0.2, -0.15) is 0 Å². The Labute approximate surface area is 145 Å². The minimum absolute atomic E-state index is 0.339. The van der Waals surface area contributed by atoms with E-state index in [1.165, 1.54) is 20.1 Å². The van der Waals surface area contributed by atoms with E-state index in [0.717, 1.165) is 0 Å². The summed E-state index contributed by atoms with van der Waals surface area (Å²) in [7, 11) is 1.20. The zero-order chi connectivity index (χ0) is 17.7. The summed E-state index contributed by atoms with van der Waals surface area (Å²) in [6.45, 7) is 1.28. The van der Waals surface area contributed by atoms with E-state index in [1.54, 1.807) is 48.5 Å². The summed E-state index contributed by atoms with van der Waals surface area (Å²) in [6.07, 6.45) is 0. The SMILES string of the molecule is COC(=O)C(C(C)=O)C(C(=O)c1cccc(Cl)c1)c1ccccc1. The molecule has 2 aromatic carbocycles. The quantitative estimate of drug-likeness (QED) is 0.455. The summed E-state index contributed by atoms with van der Waals surface area (Å²) in [5, 5.41) is 0.408. The molecule has 0 aliphatic rings. The molecule has 5 heteroatoms. The molecule has 0 aromatic heterocycles. The number of carbonyl (C=O) groups excluding carboxylic acids is 3. The fourth-order valence-electron chi connectivity index (χ4n) is 2.64. The molecule has 2 atom stereocenters. The fourth-order valence-corrected chi connectivity index (χ4v) is 2.83. The van der Waals surface area contributed by atoms with Gasteiger partial charge in [-0.1, -0.05) is 54.1 Å². The molecular formula is C19H17ClO4. The van der Waals surface area contributed by atoms with E-state index in [-0.39, 0.29) is 5.78 Å². The Balaban J connectivity index is 2.56. The Kier molecular flexibility index (Phi) is 5.88. The van der Waals surface area contributed by atoms with Crippen molar-refractivity contribution in [3.05, 3.63) is 70.7 Å². The van der Waals surface area contributed by atoms with Crippen molar-refractivity contribution in [1.29, 1.82) is 0 Å². The highest BCUT2D eigenvalue weighted by molar-refractivity contribution is 6.31. The third-order valence-corrected chi connectivity index (χ3v) is 4.01. The van der Waals surface area contributed by atoms with Gasteiger partial charge in [0, 0.05) is 10.6 Å². The monoisotopic (exact) mass is 344 g/mol. The van der Waals surface area contributed by atoms with Crippen LogP contribution in [0.5, 0.6) is 0 Å². The molecule has 0 heterocycles. The van der Waals surface area contributed by atoms with Gasteiger partial charge >= 0.3 is 5.97 Å². The first-order valence-corrected chi connectivity index (χ1v) is 7.76. The second-order valence-corrected chi connectivity index (χ2v) is 5.81. The van der Waals surface area contributed by atoms with Crippen molar-refractivity contribution < 1.29 is 19.1 Å². The van der Waals surface area contributed by atoms with Crippen LogP contribution in [-0.4, -0.2) is 24.6 Å². The minimum atomic E-state index is -1.20. The number of ether oxygens (including phenoxy) is 1. The molecule has 2 aromatic rings. The van der Waals surface area contributed by atoms with E-state index < -0.39 is 23.6 Å². The number of esters is 1. The van der Waals surface area contributed by atoms with Gasteiger partial charge in [0.1, 0.15) is 11.7 Å². The predicted octanol–water partition coefficient (Wildman–Crippen LogP) is 3.68. The molecule has 24 heavy (non-hydrogen) atoms. The van der Waals surface area contributed by atoms with Crippen LogP contribution in [-0.2, 0) is 14.3 Å². The van der Waals surface area contributed by atoms with Crippen LogP contribution in [0, 0.1) is 5.92 Å². The number of rotatable bonds is 6. The molecule has 0 saturated carbocycles. The van der Waals surface area contributed by atoms with Crippen LogP contribution >= 0.6 is 11.6 Å². The van der Waals surface area contributed by atoms with E-state index in [4.69, 9.17) is 16.3 Å². The topological polar surface area (TPSA) is 60.4 Å². The lowest BCUT2D eigenvalue weighted by Gasteiger charge is -2.23. The van der Waals surface area contributed by atoms with E-state index >= 15 is 0 Å². The number of carbonyl (C=O) groups is 3. The highest BCUT2D eigenvalue weighted by Gasteiger charge is 2.39. The fraction of sp³-hybridized carbons (Fsp3) is 0.211. The largest absolute Gasteiger partial charge is 0.468 e. The molecule has 0 radical (unpaired) electrons. The second kappa shape index (κ2) is 7.88. The van der Waals surface area contributed by atoms with Gasteiger partial charge in [-0.05, 0) is 24.6 Å². The normalized spacial score (nSPS) is 13.0. The van der Waals surface area contributed by atoms with Crippen molar-refractivity contribution in [3.8, 4) is 0 Å². The molecule has 0 aliphatic carbocycles. The Morgan fingerprint density at radius 3 is 2.21 bits per heavy atom. The first-order valence-electron chi connectivity index (χ1n) is 7.38. The number of hydrogen-bond donors (Lipinski definition) is 0. The first kappa shape index (κ1) is 17.9. The minimum Gasteiger partial charge on any atom is -0.468 e.